The van der Waals surface area contributed by atoms with Crippen LogP contribution in [0.1, 0.15) is 54.4 Å². The molecule has 1 aliphatic carbocycles. The van der Waals surface area contributed by atoms with Gasteiger partial charge in [-0.1, -0.05) is 37.3 Å². The van der Waals surface area contributed by atoms with Gasteiger partial charge < -0.3 is 20.1 Å². The van der Waals surface area contributed by atoms with E-state index in [-0.39, 0.29) is 11.6 Å². The van der Waals surface area contributed by atoms with Crippen molar-refractivity contribution >= 4 is 17.2 Å². The zero-order chi connectivity index (χ0) is 25.7. The lowest BCUT2D eigenvalue weighted by molar-refractivity contribution is -0.122. The maximum absolute atomic E-state index is 16.2. The smallest absolute Gasteiger partial charge is 0.152 e. The minimum absolute atomic E-state index is 0.131. The van der Waals surface area contributed by atoms with Crippen LogP contribution in [0.15, 0.2) is 54.6 Å². The van der Waals surface area contributed by atoms with Gasteiger partial charge in [0.2, 0.25) is 0 Å². The highest BCUT2D eigenvalue weighted by Crippen LogP contribution is 2.40. The van der Waals surface area contributed by atoms with E-state index < -0.39 is 5.92 Å². The van der Waals surface area contributed by atoms with E-state index in [0.29, 0.717) is 48.8 Å². The summed E-state index contributed by atoms with van der Waals surface area (Å²) in [7, 11) is 3.27. The Morgan fingerprint density at radius 1 is 0.889 bits per heavy atom. The fourth-order valence-corrected chi connectivity index (χ4v) is 4.85. The summed E-state index contributed by atoms with van der Waals surface area (Å²) in [5.74, 6) is 1.35. The van der Waals surface area contributed by atoms with Gasteiger partial charge in [0, 0.05) is 31.0 Å². The van der Waals surface area contributed by atoms with Crippen LogP contribution in [0.5, 0.6) is 11.5 Å². The first-order valence-corrected chi connectivity index (χ1v) is 12.5. The monoisotopic (exact) mass is 490 g/mol. The van der Waals surface area contributed by atoms with Gasteiger partial charge >= 0.3 is 0 Å². The molecule has 0 aromatic heterocycles. The molecule has 2 unspecified atom stereocenters. The third kappa shape index (κ3) is 5.81. The molecule has 1 aliphatic rings. The highest BCUT2D eigenvalue weighted by molar-refractivity contribution is 5.88. The number of rotatable bonds is 9. The number of benzene rings is 3. The predicted molar refractivity (Wildman–Crippen MR) is 143 cm³/mol. The van der Waals surface area contributed by atoms with Gasteiger partial charge in [0.05, 0.1) is 25.6 Å². The molecule has 3 aromatic carbocycles. The summed E-state index contributed by atoms with van der Waals surface area (Å²) < 4.78 is 26.6. The second-order valence-corrected chi connectivity index (χ2v) is 9.65. The molecule has 0 aliphatic heterocycles. The quantitative estimate of drug-likeness (QED) is 0.344. The van der Waals surface area contributed by atoms with Crippen molar-refractivity contribution in [2.24, 2.45) is 5.92 Å². The van der Waals surface area contributed by atoms with Gasteiger partial charge in [0.15, 0.2) is 5.82 Å². The second kappa shape index (κ2) is 11.5. The van der Waals surface area contributed by atoms with Crippen molar-refractivity contribution in [3.05, 3.63) is 82.7 Å². The number of hydrogen-bond donors (Lipinski definition) is 2. The van der Waals surface area contributed by atoms with E-state index in [1.165, 1.54) is 0 Å². The molecule has 36 heavy (non-hydrogen) atoms. The lowest BCUT2D eigenvalue weighted by Crippen LogP contribution is -2.23. The molecule has 0 amide bonds. The summed E-state index contributed by atoms with van der Waals surface area (Å²) in [6.07, 6.45) is 2.07. The lowest BCUT2D eigenvalue weighted by atomic mass is 9.77. The maximum Gasteiger partial charge on any atom is 0.152 e. The molecule has 5 nitrogen and oxygen atoms in total. The molecular formula is C30H35FN2O3. The summed E-state index contributed by atoms with van der Waals surface area (Å²) in [5, 5.41) is 6.76. The summed E-state index contributed by atoms with van der Waals surface area (Å²) >= 11 is 0. The van der Waals surface area contributed by atoms with E-state index in [0.717, 1.165) is 34.6 Å². The molecule has 0 saturated heterocycles. The average Bonchev–Trinajstić information content (AvgIpc) is 2.90. The molecule has 0 radical (unpaired) electrons. The fraction of sp³-hybridized carbons (Fsp3) is 0.367. The van der Waals surface area contributed by atoms with E-state index in [1.807, 2.05) is 61.5 Å². The third-order valence-corrected chi connectivity index (χ3v) is 7.03. The van der Waals surface area contributed by atoms with Gasteiger partial charge in [-0.3, -0.25) is 4.79 Å². The second-order valence-electron chi connectivity index (χ2n) is 9.65. The molecule has 190 valence electrons. The highest BCUT2D eigenvalue weighted by Gasteiger charge is 2.31. The molecule has 0 heterocycles. The predicted octanol–water partition coefficient (Wildman–Crippen LogP) is 6.85. The maximum atomic E-state index is 16.2. The van der Waals surface area contributed by atoms with E-state index >= 15 is 4.39 Å². The summed E-state index contributed by atoms with van der Waals surface area (Å²) in [6.45, 7) is 5.07. The van der Waals surface area contributed by atoms with Gasteiger partial charge in [-0.05, 0) is 66.6 Å². The minimum Gasteiger partial charge on any atom is -0.497 e. The number of ether oxygens (including phenoxy) is 2. The van der Waals surface area contributed by atoms with Crippen molar-refractivity contribution in [3.63, 3.8) is 0 Å². The first-order valence-electron chi connectivity index (χ1n) is 12.5. The number of anilines is 2. The third-order valence-electron chi connectivity index (χ3n) is 7.03. The number of carbonyl (C=O) groups is 1. The van der Waals surface area contributed by atoms with Crippen molar-refractivity contribution < 1.29 is 18.7 Å². The Balaban J connectivity index is 1.65. The van der Waals surface area contributed by atoms with Crippen LogP contribution in [0.25, 0.3) is 0 Å². The van der Waals surface area contributed by atoms with Crippen molar-refractivity contribution in [3.8, 4) is 11.5 Å². The van der Waals surface area contributed by atoms with Gasteiger partial charge in [-0.15, -0.1) is 0 Å². The Kier molecular flexibility index (Phi) is 8.14. The minimum atomic E-state index is -0.398. The van der Waals surface area contributed by atoms with Gasteiger partial charge in [-0.25, -0.2) is 4.39 Å². The van der Waals surface area contributed by atoms with Crippen molar-refractivity contribution in [1.29, 1.82) is 0 Å². The molecule has 0 spiro atoms. The molecule has 2 N–H and O–H groups in total. The largest absolute Gasteiger partial charge is 0.497 e. The first kappa shape index (κ1) is 25.5. The number of methoxy groups -OCH3 is 2. The molecule has 1 saturated carbocycles. The van der Waals surface area contributed by atoms with Crippen LogP contribution in [0.4, 0.5) is 15.8 Å². The van der Waals surface area contributed by atoms with Crippen molar-refractivity contribution in [2.75, 3.05) is 24.9 Å². The van der Waals surface area contributed by atoms with E-state index in [4.69, 9.17) is 9.47 Å². The van der Waals surface area contributed by atoms with Crippen LogP contribution in [0.3, 0.4) is 0 Å². The molecule has 2 atom stereocenters. The van der Waals surface area contributed by atoms with E-state index in [2.05, 4.69) is 17.6 Å². The van der Waals surface area contributed by atoms with Crippen LogP contribution >= 0.6 is 0 Å². The molecule has 1 fully saturated rings. The molecule has 4 rings (SSSR count). The van der Waals surface area contributed by atoms with Gasteiger partial charge in [0.25, 0.3) is 0 Å². The normalized spacial score (nSPS) is 17.5. The Labute approximate surface area is 213 Å². The standard InChI is InChI=1S/C30H35FN2O3/c1-19-5-14-27(34)25(15-19)26-16-20(2)29(32-17-21-6-10-23(35-3)11-7-21)30(28(26)31)33-18-22-8-12-24(36-4)13-9-22/h6-13,16,19,25,32-33H,5,14-15,17-18H2,1-4H3. The van der Waals surface area contributed by atoms with Crippen LogP contribution in [-0.4, -0.2) is 20.0 Å². The number of ketones is 1. The first-order chi connectivity index (χ1) is 17.4. The van der Waals surface area contributed by atoms with Gasteiger partial charge in [0.1, 0.15) is 17.3 Å². The van der Waals surface area contributed by atoms with Crippen LogP contribution in [0.2, 0.25) is 0 Å². The fourth-order valence-electron chi connectivity index (χ4n) is 4.85. The highest BCUT2D eigenvalue weighted by atomic mass is 19.1. The number of aryl methyl sites for hydroxylation is 1. The van der Waals surface area contributed by atoms with E-state index in [1.54, 1.807) is 14.2 Å². The number of hydrogen-bond acceptors (Lipinski definition) is 5. The van der Waals surface area contributed by atoms with Crippen LogP contribution in [-0.2, 0) is 17.9 Å². The topological polar surface area (TPSA) is 59.6 Å². The Bertz CT molecular complexity index is 1190. The number of halogens is 1. The Morgan fingerprint density at radius 3 is 1.94 bits per heavy atom. The number of nitrogens with one attached hydrogen (secondary N) is 2. The van der Waals surface area contributed by atoms with Crippen LogP contribution < -0.4 is 20.1 Å². The summed E-state index contributed by atoms with van der Waals surface area (Å²) in [6, 6.07) is 17.3. The zero-order valence-electron chi connectivity index (χ0n) is 21.5. The average molecular weight is 491 g/mol. The Hall–Kier alpha value is -3.54. The van der Waals surface area contributed by atoms with Crippen LogP contribution in [0, 0.1) is 18.7 Å². The molecule has 3 aromatic rings. The molecular weight excluding hydrogens is 455 g/mol. The van der Waals surface area contributed by atoms with Gasteiger partial charge in [-0.2, -0.15) is 0 Å². The Morgan fingerprint density at radius 2 is 1.42 bits per heavy atom. The van der Waals surface area contributed by atoms with Crippen molar-refractivity contribution in [2.45, 2.75) is 52.1 Å². The molecule has 0 bridgehead atoms. The number of Topliss-reactive ketones (excluding diaryl/α,β-unsaturated/α-hetero) is 1. The zero-order valence-corrected chi connectivity index (χ0v) is 21.5. The van der Waals surface area contributed by atoms with E-state index in [9.17, 15) is 4.79 Å². The number of carbonyl (C=O) groups excluding carboxylic acids is 1. The summed E-state index contributed by atoms with van der Waals surface area (Å²) in [4.78, 5) is 12.8. The molecule has 6 heteroatoms. The lowest BCUT2D eigenvalue weighted by Gasteiger charge is -2.28. The SMILES string of the molecule is COc1ccc(CNc2c(C)cc(C3CC(C)CCC3=O)c(F)c2NCc2ccc(OC)cc2)cc1. The van der Waals surface area contributed by atoms with Crippen molar-refractivity contribution in [1.82, 2.24) is 0 Å². The summed E-state index contributed by atoms with van der Waals surface area (Å²) in [5.41, 5.74) is 4.57.